The van der Waals surface area contributed by atoms with Crippen molar-refractivity contribution in [1.29, 1.82) is 0 Å². The second-order valence-electron chi connectivity index (χ2n) is 7.80. The zero-order valence-corrected chi connectivity index (χ0v) is 20.6. The highest BCUT2D eigenvalue weighted by molar-refractivity contribution is 7.99. The minimum atomic E-state index is -0.543. The van der Waals surface area contributed by atoms with E-state index in [0.717, 1.165) is 11.1 Å². The Hall–Kier alpha value is -1.69. The van der Waals surface area contributed by atoms with Gasteiger partial charge >= 0.3 is 0 Å². The fraction of sp³-hybridized carbons (Fsp3) is 0.417. The second-order valence-corrected chi connectivity index (χ2v) is 9.62. The van der Waals surface area contributed by atoms with Gasteiger partial charge < -0.3 is 10.2 Å². The molecule has 0 bridgehead atoms. The van der Waals surface area contributed by atoms with Gasteiger partial charge in [-0.15, -0.1) is 11.8 Å². The first kappa shape index (κ1) is 25.6. The van der Waals surface area contributed by atoms with Crippen molar-refractivity contribution in [2.24, 2.45) is 5.92 Å². The highest BCUT2D eigenvalue weighted by Gasteiger charge is 2.29. The molecular formula is C24H30Cl2N2O2S. The van der Waals surface area contributed by atoms with Crippen LogP contribution in [-0.2, 0) is 21.9 Å². The summed E-state index contributed by atoms with van der Waals surface area (Å²) in [7, 11) is 0. The number of nitrogens with zero attached hydrogens (tertiary/aromatic N) is 1. The molecule has 168 valence electrons. The predicted molar refractivity (Wildman–Crippen MR) is 132 cm³/mol. The van der Waals surface area contributed by atoms with Crippen LogP contribution in [0.5, 0.6) is 0 Å². The highest BCUT2D eigenvalue weighted by atomic mass is 35.5. The van der Waals surface area contributed by atoms with Crippen LogP contribution in [0.2, 0.25) is 10.0 Å². The lowest BCUT2D eigenvalue weighted by Crippen LogP contribution is -2.50. The van der Waals surface area contributed by atoms with Gasteiger partial charge in [0.2, 0.25) is 11.8 Å². The Morgan fingerprint density at radius 2 is 1.74 bits per heavy atom. The summed E-state index contributed by atoms with van der Waals surface area (Å²) in [6.07, 6.45) is 0.530. The first-order valence-corrected chi connectivity index (χ1v) is 12.4. The molecule has 0 saturated heterocycles. The van der Waals surface area contributed by atoms with Crippen LogP contribution in [0.15, 0.2) is 48.5 Å². The van der Waals surface area contributed by atoms with Crippen molar-refractivity contribution in [2.45, 2.75) is 45.5 Å². The molecular weight excluding hydrogens is 451 g/mol. The molecule has 0 fully saturated rings. The molecule has 2 aromatic rings. The molecule has 0 aliphatic heterocycles. The van der Waals surface area contributed by atoms with Crippen LogP contribution < -0.4 is 5.32 Å². The van der Waals surface area contributed by atoms with E-state index in [1.54, 1.807) is 11.0 Å². The van der Waals surface area contributed by atoms with Crippen LogP contribution in [0.4, 0.5) is 0 Å². The monoisotopic (exact) mass is 480 g/mol. The van der Waals surface area contributed by atoms with Crippen LogP contribution >= 0.6 is 35.0 Å². The summed E-state index contributed by atoms with van der Waals surface area (Å²) >= 11 is 13.8. The van der Waals surface area contributed by atoms with E-state index >= 15 is 0 Å². The molecule has 2 aromatic carbocycles. The maximum Gasteiger partial charge on any atom is 0.242 e. The van der Waals surface area contributed by atoms with Crippen molar-refractivity contribution in [3.63, 3.8) is 0 Å². The van der Waals surface area contributed by atoms with Crippen molar-refractivity contribution in [3.8, 4) is 0 Å². The molecule has 2 rings (SSSR count). The summed E-state index contributed by atoms with van der Waals surface area (Å²) in [6, 6.07) is 14.5. The summed E-state index contributed by atoms with van der Waals surface area (Å²) in [5.41, 5.74) is 1.93. The molecule has 0 radical (unpaired) electrons. The molecule has 4 nitrogen and oxygen atoms in total. The maximum atomic E-state index is 13.2. The van der Waals surface area contributed by atoms with Gasteiger partial charge in [0.25, 0.3) is 0 Å². The Balaban J connectivity index is 2.12. The van der Waals surface area contributed by atoms with Gasteiger partial charge in [0.15, 0.2) is 0 Å². The number of benzene rings is 2. The van der Waals surface area contributed by atoms with Crippen molar-refractivity contribution in [2.75, 3.05) is 12.3 Å². The lowest BCUT2D eigenvalue weighted by molar-refractivity contribution is -0.139. The van der Waals surface area contributed by atoms with Crippen LogP contribution in [0.1, 0.15) is 38.3 Å². The second kappa shape index (κ2) is 13.0. The third-order valence-corrected chi connectivity index (χ3v) is 6.39. The van der Waals surface area contributed by atoms with E-state index in [-0.39, 0.29) is 17.6 Å². The van der Waals surface area contributed by atoms with Crippen LogP contribution in [0.25, 0.3) is 0 Å². The molecule has 0 aliphatic rings. The van der Waals surface area contributed by atoms with Crippen LogP contribution in [0, 0.1) is 5.92 Å². The van der Waals surface area contributed by atoms with Gasteiger partial charge in [-0.05, 0) is 41.7 Å². The van der Waals surface area contributed by atoms with Gasteiger partial charge in [0.1, 0.15) is 6.04 Å². The van der Waals surface area contributed by atoms with E-state index in [1.165, 1.54) is 11.8 Å². The van der Waals surface area contributed by atoms with Crippen molar-refractivity contribution < 1.29 is 9.59 Å². The van der Waals surface area contributed by atoms with Gasteiger partial charge in [-0.2, -0.15) is 0 Å². The number of hydrogen-bond acceptors (Lipinski definition) is 3. The zero-order valence-electron chi connectivity index (χ0n) is 18.2. The third kappa shape index (κ3) is 8.40. The SMILES string of the molecule is CC[C@@H](C(=O)NCC(C)C)N(Cc1ccccc1Cl)C(=O)CSCc1ccc(Cl)cc1. The quantitative estimate of drug-likeness (QED) is 0.441. The molecule has 31 heavy (non-hydrogen) atoms. The van der Waals surface area contributed by atoms with Gasteiger partial charge in [-0.25, -0.2) is 0 Å². The van der Waals surface area contributed by atoms with Crippen molar-refractivity contribution in [3.05, 3.63) is 69.7 Å². The lowest BCUT2D eigenvalue weighted by atomic mass is 10.1. The molecule has 0 saturated carbocycles. The molecule has 0 heterocycles. The number of carbonyl (C=O) groups excluding carboxylic acids is 2. The molecule has 0 spiro atoms. The first-order chi connectivity index (χ1) is 14.8. The zero-order chi connectivity index (χ0) is 22.8. The van der Waals surface area contributed by atoms with E-state index in [9.17, 15) is 9.59 Å². The van der Waals surface area contributed by atoms with Crippen molar-refractivity contribution >= 4 is 46.8 Å². The average Bonchev–Trinajstić information content (AvgIpc) is 2.74. The number of rotatable bonds is 11. The Morgan fingerprint density at radius 3 is 2.35 bits per heavy atom. The van der Waals surface area contributed by atoms with Crippen molar-refractivity contribution in [1.82, 2.24) is 10.2 Å². The highest BCUT2D eigenvalue weighted by Crippen LogP contribution is 2.22. The number of carbonyl (C=O) groups is 2. The van der Waals surface area contributed by atoms with Gasteiger partial charge in [-0.1, -0.05) is 74.3 Å². The largest absolute Gasteiger partial charge is 0.354 e. The molecule has 0 aliphatic carbocycles. The summed E-state index contributed by atoms with van der Waals surface area (Å²) in [6.45, 7) is 6.89. The third-order valence-electron chi connectivity index (χ3n) is 4.78. The Labute approximate surface area is 199 Å². The van der Waals surface area contributed by atoms with Crippen LogP contribution in [0.3, 0.4) is 0 Å². The summed E-state index contributed by atoms with van der Waals surface area (Å²) in [5.74, 6) is 1.11. The molecule has 1 atom stereocenters. The smallest absolute Gasteiger partial charge is 0.242 e. The fourth-order valence-electron chi connectivity index (χ4n) is 3.07. The number of hydrogen-bond donors (Lipinski definition) is 1. The topological polar surface area (TPSA) is 49.4 Å². The fourth-order valence-corrected chi connectivity index (χ4v) is 4.26. The van der Waals surface area contributed by atoms with Gasteiger partial charge in [-0.3, -0.25) is 9.59 Å². The first-order valence-electron chi connectivity index (χ1n) is 10.4. The molecule has 1 N–H and O–H groups in total. The molecule has 0 aromatic heterocycles. The number of nitrogens with one attached hydrogen (secondary N) is 1. The van der Waals surface area contributed by atoms with E-state index < -0.39 is 6.04 Å². The maximum absolute atomic E-state index is 13.2. The normalized spacial score (nSPS) is 11.9. The summed E-state index contributed by atoms with van der Waals surface area (Å²) in [5, 5.41) is 4.25. The van der Waals surface area contributed by atoms with E-state index in [0.29, 0.717) is 41.2 Å². The minimum absolute atomic E-state index is 0.0783. The van der Waals surface area contributed by atoms with E-state index in [1.807, 2.05) is 63.2 Å². The Bertz CT molecular complexity index is 859. The van der Waals surface area contributed by atoms with Gasteiger partial charge in [0, 0.05) is 28.9 Å². The molecule has 2 amide bonds. The summed E-state index contributed by atoms with van der Waals surface area (Å²) < 4.78 is 0. The minimum Gasteiger partial charge on any atom is -0.354 e. The van der Waals surface area contributed by atoms with Crippen LogP contribution in [-0.4, -0.2) is 35.1 Å². The average molecular weight is 481 g/mol. The number of thioether (sulfide) groups is 1. The predicted octanol–water partition coefficient (Wildman–Crippen LogP) is 5.81. The standard InChI is InChI=1S/C24H30Cl2N2O2S/c1-4-22(24(30)27-13-17(2)3)28(14-19-7-5-6-8-21(19)26)23(29)16-31-15-18-9-11-20(25)12-10-18/h5-12,17,22H,4,13-16H2,1-3H3,(H,27,30)/t22-/m0/s1. The molecule has 0 unspecified atom stereocenters. The van der Waals surface area contributed by atoms with E-state index in [2.05, 4.69) is 5.32 Å². The Kier molecular flexibility index (Phi) is 10.7. The van der Waals surface area contributed by atoms with Gasteiger partial charge in [0.05, 0.1) is 5.75 Å². The lowest BCUT2D eigenvalue weighted by Gasteiger charge is -2.31. The molecule has 7 heteroatoms. The number of halogens is 2. The number of amides is 2. The van der Waals surface area contributed by atoms with E-state index in [4.69, 9.17) is 23.2 Å². The Morgan fingerprint density at radius 1 is 1.06 bits per heavy atom. The summed E-state index contributed by atoms with van der Waals surface area (Å²) in [4.78, 5) is 27.7.